The fraction of sp³-hybridized carbons (Fsp3) is 0.294. The van der Waals surface area contributed by atoms with Crippen LogP contribution in [0.4, 0.5) is 11.4 Å². The molecule has 2 aromatic carbocycles. The summed E-state index contributed by atoms with van der Waals surface area (Å²) in [7, 11) is 0. The molecule has 106 valence electrons. The maximum Gasteiger partial charge on any atom is 0.0490 e. The van der Waals surface area contributed by atoms with Crippen molar-refractivity contribution in [3.05, 3.63) is 58.6 Å². The molecule has 0 amide bonds. The van der Waals surface area contributed by atoms with Crippen LogP contribution in [-0.2, 0) is 6.42 Å². The highest BCUT2D eigenvalue weighted by atomic mass is 79.9. The lowest BCUT2D eigenvalue weighted by molar-refractivity contribution is 0.518. The molecule has 2 aromatic rings. The molecule has 0 unspecified atom stereocenters. The zero-order valence-electron chi connectivity index (χ0n) is 12.0. The number of halogens is 1. The molecule has 0 radical (unpaired) electrons. The minimum Gasteiger partial charge on any atom is -0.399 e. The Morgan fingerprint density at radius 3 is 2.45 bits per heavy atom. The number of anilines is 2. The zero-order chi connectivity index (χ0) is 14.6. The van der Waals surface area contributed by atoms with Crippen molar-refractivity contribution in [2.45, 2.75) is 32.2 Å². The van der Waals surface area contributed by atoms with Crippen LogP contribution in [0.5, 0.6) is 0 Å². The van der Waals surface area contributed by atoms with E-state index in [0.29, 0.717) is 0 Å². The van der Waals surface area contributed by atoms with Crippen LogP contribution in [-0.4, -0.2) is 5.54 Å². The van der Waals surface area contributed by atoms with Gasteiger partial charge >= 0.3 is 0 Å². The Morgan fingerprint density at radius 2 is 1.80 bits per heavy atom. The third kappa shape index (κ3) is 4.27. The van der Waals surface area contributed by atoms with Crippen molar-refractivity contribution >= 4 is 27.3 Å². The highest BCUT2D eigenvalue weighted by Crippen LogP contribution is 2.28. The molecule has 20 heavy (non-hydrogen) atoms. The second-order valence-corrected chi connectivity index (χ2v) is 6.59. The zero-order valence-corrected chi connectivity index (χ0v) is 13.6. The molecule has 2 rings (SSSR count). The Bertz CT molecular complexity index is 564. The van der Waals surface area contributed by atoms with Crippen molar-refractivity contribution in [3.63, 3.8) is 0 Å². The molecule has 2 nitrogen and oxygen atoms in total. The maximum atomic E-state index is 5.77. The summed E-state index contributed by atoms with van der Waals surface area (Å²) in [6, 6.07) is 16.4. The first-order valence-corrected chi connectivity index (χ1v) is 7.63. The first kappa shape index (κ1) is 14.9. The second kappa shape index (κ2) is 6.31. The predicted octanol–water partition coefficient (Wildman–Crippen LogP) is 4.85. The number of nitrogens with two attached hydrogens (primary N) is 1. The van der Waals surface area contributed by atoms with Gasteiger partial charge in [0.15, 0.2) is 0 Å². The van der Waals surface area contributed by atoms with E-state index < -0.39 is 0 Å². The van der Waals surface area contributed by atoms with E-state index in [-0.39, 0.29) is 5.54 Å². The molecule has 0 aliphatic heterocycles. The highest BCUT2D eigenvalue weighted by Gasteiger charge is 2.18. The van der Waals surface area contributed by atoms with Gasteiger partial charge in [-0.1, -0.05) is 30.3 Å². The molecular weight excluding hydrogens is 312 g/mol. The van der Waals surface area contributed by atoms with Crippen LogP contribution in [0.25, 0.3) is 0 Å². The summed E-state index contributed by atoms with van der Waals surface area (Å²) in [6.07, 6.45) is 2.13. The molecule has 0 aliphatic carbocycles. The molecule has 0 saturated carbocycles. The van der Waals surface area contributed by atoms with Gasteiger partial charge in [-0.2, -0.15) is 0 Å². The van der Waals surface area contributed by atoms with Gasteiger partial charge in [-0.05, 0) is 66.4 Å². The number of hydrogen-bond acceptors (Lipinski definition) is 2. The summed E-state index contributed by atoms with van der Waals surface area (Å²) in [5.74, 6) is 0. The van der Waals surface area contributed by atoms with Crippen molar-refractivity contribution in [3.8, 4) is 0 Å². The number of rotatable bonds is 5. The minimum atomic E-state index is 0.0223. The number of nitrogens with one attached hydrogen (secondary N) is 1. The van der Waals surface area contributed by atoms with Gasteiger partial charge in [0.1, 0.15) is 0 Å². The van der Waals surface area contributed by atoms with Crippen molar-refractivity contribution in [1.82, 2.24) is 0 Å². The molecule has 0 aliphatic rings. The minimum absolute atomic E-state index is 0.0223. The van der Waals surface area contributed by atoms with E-state index in [1.54, 1.807) is 0 Å². The number of nitrogen functional groups attached to an aromatic ring is 1. The van der Waals surface area contributed by atoms with Crippen LogP contribution in [0.1, 0.15) is 25.8 Å². The van der Waals surface area contributed by atoms with Crippen LogP contribution in [0.3, 0.4) is 0 Å². The van der Waals surface area contributed by atoms with Gasteiger partial charge in [-0.25, -0.2) is 0 Å². The van der Waals surface area contributed by atoms with Gasteiger partial charge in [0.2, 0.25) is 0 Å². The fourth-order valence-electron chi connectivity index (χ4n) is 2.16. The Morgan fingerprint density at radius 1 is 1.10 bits per heavy atom. The molecule has 3 N–H and O–H groups in total. The van der Waals surface area contributed by atoms with Crippen LogP contribution >= 0.6 is 15.9 Å². The summed E-state index contributed by atoms with van der Waals surface area (Å²) in [6.45, 7) is 4.44. The molecule has 0 atom stereocenters. The quantitative estimate of drug-likeness (QED) is 0.767. The molecule has 0 saturated heterocycles. The molecule has 0 aromatic heterocycles. The second-order valence-electron chi connectivity index (χ2n) is 5.73. The average Bonchev–Trinajstić information content (AvgIpc) is 2.41. The maximum absolute atomic E-state index is 5.77. The summed E-state index contributed by atoms with van der Waals surface area (Å²) in [5.41, 5.74) is 9.01. The summed E-state index contributed by atoms with van der Waals surface area (Å²) in [4.78, 5) is 0. The van der Waals surface area contributed by atoms with Gasteiger partial charge in [0, 0.05) is 21.4 Å². The van der Waals surface area contributed by atoms with E-state index in [1.165, 1.54) is 5.56 Å². The first-order chi connectivity index (χ1) is 9.46. The first-order valence-electron chi connectivity index (χ1n) is 6.83. The van der Waals surface area contributed by atoms with Crippen LogP contribution < -0.4 is 11.1 Å². The van der Waals surface area contributed by atoms with Gasteiger partial charge < -0.3 is 11.1 Å². The van der Waals surface area contributed by atoms with Gasteiger partial charge in [-0.3, -0.25) is 0 Å². The SMILES string of the molecule is CC(C)(CCc1ccccc1)Nc1ccc(N)cc1Br. The summed E-state index contributed by atoms with van der Waals surface area (Å²) in [5, 5.41) is 3.58. The predicted molar refractivity (Wildman–Crippen MR) is 91.0 cm³/mol. The van der Waals surface area contributed by atoms with Gasteiger partial charge in [-0.15, -0.1) is 0 Å². The lowest BCUT2D eigenvalue weighted by Gasteiger charge is -2.28. The summed E-state index contributed by atoms with van der Waals surface area (Å²) < 4.78 is 1.00. The third-order valence-corrected chi connectivity index (χ3v) is 4.00. The van der Waals surface area contributed by atoms with Crippen LogP contribution in [0, 0.1) is 0 Å². The average molecular weight is 333 g/mol. The van der Waals surface area contributed by atoms with Crippen molar-refractivity contribution in [2.24, 2.45) is 0 Å². The van der Waals surface area contributed by atoms with E-state index in [2.05, 4.69) is 65.4 Å². The number of aryl methyl sites for hydroxylation is 1. The van der Waals surface area contributed by atoms with E-state index in [4.69, 9.17) is 5.73 Å². The lowest BCUT2D eigenvalue weighted by atomic mass is 9.95. The van der Waals surface area contributed by atoms with Crippen LogP contribution in [0.2, 0.25) is 0 Å². The van der Waals surface area contributed by atoms with Crippen molar-refractivity contribution < 1.29 is 0 Å². The third-order valence-electron chi connectivity index (χ3n) is 3.35. The lowest BCUT2D eigenvalue weighted by Crippen LogP contribution is -2.31. The van der Waals surface area contributed by atoms with Gasteiger partial charge in [0.05, 0.1) is 0 Å². The van der Waals surface area contributed by atoms with Crippen molar-refractivity contribution in [1.29, 1.82) is 0 Å². The molecule has 0 spiro atoms. The Hall–Kier alpha value is -1.48. The summed E-state index contributed by atoms with van der Waals surface area (Å²) >= 11 is 3.55. The molecule has 0 heterocycles. The fourth-order valence-corrected chi connectivity index (χ4v) is 2.66. The smallest absolute Gasteiger partial charge is 0.0490 e. The molecular formula is C17H21BrN2. The monoisotopic (exact) mass is 332 g/mol. The molecule has 3 heteroatoms. The Balaban J connectivity index is 2.00. The molecule has 0 bridgehead atoms. The number of benzene rings is 2. The number of hydrogen-bond donors (Lipinski definition) is 2. The highest BCUT2D eigenvalue weighted by molar-refractivity contribution is 9.10. The van der Waals surface area contributed by atoms with E-state index in [0.717, 1.165) is 28.7 Å². The topological polar surface area (TPSA) is 38.0 Å². The van der Waals surface area contributed by atoms with E-state index in [1.807, 2.05) is 18.2 Å². The van der Waals surface area contributed by atoms with Crippen LogP contribution in [0.15, 0.2) is 53.0 Å². The van der Waals surface area contributed by atoms with E-state index >= 15 is 0 Å². The van der Waals surface area contributed by atoms with Crippen molar-refractivity contribution in [2.75, 3.05) is 11.1 Å². The largest absolute Gasteiger partial charge is 0.399 e. The standard InChI is InChI=1S/C17H21BrN2/c1-17(2,11-10-13-6-4-3-5-7-13)20-16-9-8-14(19)12-15(16)18/h3-9,12,20H,10-11,19H2,1-2H3. The molecule has 0 fully saturated rings. The normalized spacial score (nSPS) is 11.3. The Labute approximate surface area is 129 Å². The Kier molecular flexibility index (Phi) is 4.71. The van der Waals surface area contributed by atoms with E-state index in [9.17, 15) is 0 Å². The van der Waals surface area contributed by atoms with Gasteiger partial charge in [0.25, 0.3) is 0 Å².